The van der Waals surface area contributed by atoms with Crippen LogP contribution in [0.15, 0.2) is 48.5 Å². The van der Waals surface area contributed by atoms with E-state index >= 15 is 0 Å². The van der Waals surface area contributed by atoms with E-state index in [-0.39, 0.29) is 10.8 Å². The Morgan fingerprint density at radius 2 is 0.700 bits per heavy atom. The highest BCUT2D eigenvalue weighted by Gasteiger charge is 2.46. The van der Waals surface area contributed by atoms with E-state index < -0.39 is 0 Å². The molecule has 0 spiro atoms. The van der Waals surface area contributed by atoms with Gasteiger partial charge in [-0.2, -0.15) is 0 Å². The zero-order chi connectivity index (χ0) is 22.5. The Bertz CT molecular complexity index is 761. The monoisotopic (exact) mass is 404 g/mol. The van der Waals surface area contributed by atoms with E-state index in [4.69, 9.17) is 0 Å². The molecule has 2 aromatic carbocycles. The minimum absolute atomic E-state index is 0.184. The topological polar surface area (TPSA) is 0 Å². The van der Waals surface area contributed by atoms with Gasteiger partial charge in [0.1, 0.15) is 0 Å². The van der Waals surface area contributed by atoms with Crippen molar-refractivity contribution in [2.75, 3.05) is 0 Å². The van der Waals surface area contributed by atoms with Gasteiger partial charge in [-0.3, -0.25) is 0 Å². The molecule has 1 aliphatic carbocycles. The summed E-state index contributed by atoms with van der Waals surface area (Å²) in [5, 5.41) is 0. The molecule has 0 radical (unpaired) electrons. The fraction of sp³-hybridized carbons (Fsp3) is 0.600. The highest BCUT2D eigenvalue weighted by molar-refractivity contribution is 5.54. The molecule has 2 aromatic rings. The average molecular weight is 405 g/mol. The molecule has 3 rings (SSSR count). The van der Waals surface area contributed by atoms with Crippen molar-refractivity contribution < 1.29 is 0 Å². The first kappa shape index (κ1) is 23.1. The van der Waals surface area contributed by atoms with Crippen molar-refractivity contribution in [3.8, 4) is 0 Å². The van der Waals surface area contributed by atoms with E-state index in [1.165, 1.54) is 12.8 Å². The lowest BCUT2D eigenvalue weighted by atomic mass is 9.55. The molecule has 0 bridgehead atoms. The van der Waals surface area contributed by atoms with Gasteiger partial charge in [0.05, 0.1) is 0 Å². The Morgan fingerprint density at radius 1 is 0.467 bits per heavy atom. The quantitative estimate of drug-likeness (QED) is 0.476. The first-order valence-electron chi connectivity index (χ1n) is 11.8. The summed E-state index contributed by atoms with van der Waals surface area (Å²) in [6, 6.07) is 18.7. The van der Waals surface area contributed by atoms with E-state index in [2.05, 4.69) is 118 Å². The van der Waals surface area contributed by atoms with Gasteiger partial charge in [-0.15, -0.1) is 0 Å². The van der Waals surface area contributed by atoms with Crippen LogP contribution in [0, 0.1) is 21.7 Å². The molecule has 0 heterocycles. The van der Waals surface area contributed by atoms with E-state index in [1.807, 2.05) is 0 Å². The summed E-state index contributed by atoms with van der Waals surface area (Å²) in [5.74, 6) is 0.872. The maximum absolute atomic E-state index is 2.48. The molecule has 0 aliphatic heterocycles. The summed E-state index contributed by atoms with van der Waals surface area (Å²) < 4.78 is 0. The van der Waals surface area contributed by atoms with Gasteiger partial charge < -0.3 is 0 Å². The molecule has 0 atom stereocenters. The van der Waals surface area contributed by atoms with Crippen LogP contribution in [-0.4, -0.2) is 0 Å². The van der Waals surface area contributed by atoms with Gasteiger partial charge in [-0.1, -0.05) is 118 Å². The molecule has 0 N–H and O–H groups in total. The zero-order valence-corrected chi connectivity index (χ0v) is 21.2. The van der Waals surface area contributed by atoms with Crippen LogP contribution in [0.1, 0.15) is 116 Å². The average Bonchev–Trinajstić information content (AvgIpc) is 2.54. The van der Waals surface area contributed by atoms with E-state index in [1.54, 1.807) is 22.3 Å². The van der Waals surface area contributed by atoms with E-state index in [9.17, 15) is 0 Å². The van der Waals surface area contributed by atoms with E-state index in [0.717, 1.165) is 0 Å². The number of hydrogen-bond acceptors (Lipinski definition) is 0. The van der Waals surface area contributed by atoms with Crippen molar-refractivity contribution >= 4 is 0 Å². The largest absolute Gasteiger partial charge is 0.0620 e. The molecule has 0 heteroatoms. The summed E-state index contributed by atoms with van der Waals surface area (Å²) in [5.41, 5.74) is 7.18. The van der Waals surface area contributed by atoms with Crippen LogP contribution >= 0.6 is 0 Å². The van der Waals surface area contributed by atoms with Gasteiger partial charge in [-0.25, -0.2) is 0 Å². The van der Waals surface area contributed by atoms with Crippen LogP contribution < -0.4 is 0 Å². The van der Waals surface area contributed by atoms with Crippen molar-refractivity contribution in [2.24, 2.45) is 21.7 Å². The third-order valence-electron chi connectivity index (χ3n) is 6.77. The van der Waals surface area contributed by atoms with Crippen LogP contribution in [-0.2, 0) is 0 Å². The Morgan fingerprint density at radius 3 is 0.900 bits per heavy atom. The Kier molecular flexibility index (Phi) is 5.81. The smallest absolute Gasteiger partial charge is 0.0147 e. The van der Waals surface area contributed by atoms with Gasteiger partial charge in [0.25, 0.3) is 0 Å². The summed E-state index contributed by atoms with van der Waals surface area (Å²) in [4.78, 5) is 0. The van der Waals surface area contributed by atoms with Crippen molar-refractivity contribution in [1.29, 1.82) is 0 Å². The molecule has 0 nitrogen and oxygen atoms in total. The normalized spacial score (nSPS) is 19.9. The van der Waals surface area contributed by atoms with Crippen LogP contribution in [0.3, 0.4) is 0 Å². The van der Waals surface area contributed by atoms with Crippen LogP contribution in [0.25, 0.3) is 0 Å². The molecular formula is C30H44. The SMILES string of the molecule is CC(C)(C)CC(C)(C)C1c2ccccc2C(C(C)(C)CC(C)(C)C)c2ccccc21. The maximum Gasteiger partial charge on any atom is 0.0147 e. The van der Waals surface area contributed by atoms with Crippen LogP contribution in [0.2, 0.25) is 0 Å². The molecular weight excluding hydrogens is 360 g/mol. The predicted molar refractivity (Wildman–Crippen MR) is 132 cm³/mol. The zero-order valence-electron chi connectivity index (χ0n) is 21.2. The molecule has 0 amide bonds. The van der Waals surface area contributed by atoms with E-state index in [0.29, 0.717) is 22.7 Å². The molecule has 0 unspecified atom stereocenters. The fourth-order valence-corrected chi connectivity index (χ4v) is 7.03. The number of benzene rings is 2. The molecule has 0 fully saturated rings. The molecule has 164 valence electrons. The maximum atomic E-state index is 2.48. The standard InChI is InChI=1S/C30H44/c1-27(2,3)19-29(7,8)25-21-15-11-13-17-23(21)26(24-18-14-12-16-22(24)25)30(9,10)20-28(4,5)6/h11-18,25-26H,19-20H2,1-10H3. The van der Waals surface area contributed by atoms with Gasteiger partial charge in [0, 0.05) is 11.8 Å². The summed E-state index contributed by atoms with van der Waals surface area (Å²) in [6.07, 6.45) is 2.40. The van der Waals surface area contributed by atoms with Gasteiger partial charge in [0.2, 0.25) is 0 Å². The van der Waals surface area contributed by atoms with Gasteiger partial charge >= 0.3 is 0 Å². The first-order valence-corrected chi connectivity index (χ1v) is 11.8. The van der Waals surface area contributed by atoms with Crippen molar-refractivity contribution in [2.45, 2.75) is 93.9 Å². The third kappa shape index (κ3) is 4.68. The van der Waals surface area contributed by atoms with Crippen molar-refractivity contribution in [3.63, 3.8) is 0 Å². The number of rotatable bonds is 4. The molecule has 0 saturated heterocycles. The molecule has 0 aromatic heterocycles. The molecule has 30 heavy (non-hydrogen) atoms. The lowest BCUT2D eigenvalue weighted by Crippen LogP contribution is -2.37. The highest BCUT2D eigenvalue weighted by Crippen LogP contribution is 2.58. The van der Waals surface area contributed by atoms with Crippen LogP contribution in [0.5, 0.6) is 0 Å². The van der Waals surface area contributed by atoms with Crippen molar-refractivity contribution in [1.82, 2.24) is 0 Å². The highest BCUT2D eigenvalue weighted by atomic mass is 14.5. The number of fused-ring (bicyclic) bond motifs is 2. The second-order valence-electron chi connectivity index (χ2n) is 13.6. The summed E-state index contributed by atoms with van der Waals surface area (Å²) in [6.45, 7) is 24.2. The van der Waals surface area contributed by atoms with Crippen molar-refractivity contribution in [3.05, 3.63) is 70.8 Å². The summed E-state index contributed by atoms with van der Waals surface area (Å²) in [7, 11) is 0. The lowest BCUT2D eigenvalue weighted by Gasteiger charge is -2.49. The Hall–Kier alpha value is -1.56. The fourth-order valence-electron chi connectivity index (χ4n) is 7.03. The summed E-state index contributed by atoms with van der Waals surface area (Å²) >= 11 is 0. The molecule has 1 aliphatic rings. The van der Waals surface area contributed by atoms with Crippen LogP contribution in [0.4, 0.5) is 0 Å². The van der Waals surface area contributed by atoms with Gasteiger partial charge in [0.15, 0.2) is 0 Å². The van der Waals surface area contributed by atoms with Gasteiger partial charge in [-0.05, 0) is 56.8 Å². The third-order valence-corrected chi connectivity index (χ3v) is 6.77. The minimum atomic E-state index is 0.184. The second-order valence-corrected chi connectivity index (χ2v) is 13.6. The number of hydrogen-bond donors (Lipinski definition) is 0. The Balaban J connectivity index is 2.23. The minimum Gasteiger partial charge on any atom is -0.0620 e. The second kappa shape index (κ2) is 7.54. The molecule has 0 saturated carbocycles. The first-order chi connectivity index (χ1) is 13.6. The lowest BCUT2D eigenvalue weighted by molar-refractivity contribution is 0.169. The Labute approximate surface area is 186 Å². The predicted octanol–water partition coefficient (Wildman–Crippen LogP) is 9.19.